The first-order chi connectivity index (χ1) is 10.3. The molecule has 1 aliphatic heterocycles. The molecule has 0 spiro atoms. The maximum atomic E-state index is 12.5. The van der Waals surface area contributed by atoms with E-state index in [1.807, 2.05) is 12.1 Å². The molecule has 2 fully saturated rings. The Morgan fingerprint density at radius 2 is 1.82 bits per heavy atom. The lowest BCUT2D eigenvalue weighted by atomic mass is 9.89. The fourth-order valence-electron chi connectivity index (χ4n) is 3.39. The maximum Gasteiger partial charge on any atom is 0.308 e. The lowest BCUT2D eigenvalue weighted by molar-refractivity contribution is -0.142. The maximum absolute atomic E-state index is 12.5. The summed E-state index contributed by atoms with van der Waals surface area (Å²) in [6.45, 7) is 4.94. The number of nitrogens with zero attached hydrogens (tertiary/aromatic N) is 1. The molecule has 1 aromatic carbocycles. The van der Waals surface area contributed by atoms with Crippen molar-refractivity contribution in [2.75, 3.05) is 13.1 Å². The summed E-state index contributed by atoms with van der Waals surface area (Å²) in [7, 11) is 0. The Bertz CT molecular complexity index is 611. The van der Waals surface area contributed by atoms with Gasteiger partial charge in [0.25, 0.3) is 0 Å². The van der Waals surface area contributed by atoms with E-state index < -0.39 is 11.9 Å². The number of amides is 1. The zero-order valence-corrected chi connectivity index (χ0v) is 13.5. The third-order valence-corrected chi connectivity index (χ3v) is 5.31. The highest BCUT2D eigenvalue weighted by Gasteiger charge is 2.53. The number of benzene rings is 1. The fourth-order valence-corrected chi connectivity index (χ4v) is 3.52. The number of carboxylic acid groups (broad SMARTS) is 1. The van der Waals surface area contributed by atoms with Gasteiger partial charge in [-0.05, 0) is 29.5 Å². The van der Waals surface area contributed by atoms with Crippen LogP contribution in [0.15, 0.2) is 24.3 Å². The smallest absolute Gasteiger partial charge is 0.308 e. The molecule has 118 valence electrons. The molecule has 1 aromatic rings. The normalized spacial score (nSPS) is 29.4. The van der Waals surface area contributed by atoms with Gasteiger partial charge in [-0.15, -0.1) is 0 Å². The highest BCUT2D eigenvalue weighted by molar-refractivity contribution is 6.30. The van der Waals surface area contributed by atoms with Crippen molar-refractivity contribution in [2.24, 2.45) is 17.3 Å². The van der Waals surface area contributed by atoms with Crippen molar-refractivity contribution in [3.05, 3.63) is 34.9 Å². The molecule has 1 N–H and O–H groups in total. The average Bonchev–Trinajstić information content (AvgIpc) is 2.90. The van der Waals surface area contributed by atoms with E-state index in [2.05, 4.69) is 13.8 Å². The Morgan fingerprint density at radius 1 is 1.23 bits per heavy atom. The largest absolute Gasteiger partial charge is 0.481 e. The minimum atomic E-state index is -0.842. The van der Waals surface area contributed by atoms with E-state index in [0.717, 1.165) is 12.0 Å². The zero-order valence-electron chi connectivity index (χ0n) is 12.8. The monoisotopic (exact) mass is 321 g/mol. The average molecular weight is 322 g/mol. The van der Waals surface area contributed by atoms with Crippen molar-refractivity contribution in [3.8, 4) is 0 Å². The van der Waals surface area contributed by atoms with Gasteiger partial charge in [0.1, 0.15) is 0 Å². The van der Waals surface area contributed by atoms with Crippen LogP contribution in [0.25, 0.3) is 0 Å². The van der Waals surface area contributed by atoms with E-state index in [1.54, 1.807) is 17.0 Å². The van der Waals surface area contributed by atoms with Gasteiger partial charge in [-0.1, -0.05) is 37.6 Å². The summed E-state index contributed by atoms with van der Waals surface area (Å²) in [4.78, 5) is 25.8. The molecule has 1 saturated carbocycles. The minimum Gasteiger partial charge on any atom is -0.481 e. The summed E-state index contributed by atoms with van der Waals surface area (Å²) in [5, 5.41) is 10.1. The molecule has 0 radical (unpaired) electrons. The third kappa shape index (κ3) is 2.72. The van der Waals surface area contributed by atoms with Gasteiger partial charge in [-0.25, -0.2) is 0 Å². The summed E-state index contributed by atoms with van der Waals surface area (Å²) in [6, 6.07) is 7.25. The Hall–Kier alpha value is -1.55. The van der Waals surface area contributed by atoms with E-state index in [9.17, 15) is 14.7 Å². The number of halogens is 1. The lowest BCUT2D eigenvalue weighted by Crippen LogP contribution is -2.32. The van der Waals surface area contributed by atoms with Crippen LogP contribution in [0.3, 0.4) is 0 Å². The van der Waals surface area contributed by atoms with Gasteiger partial charge in [0, 0.05) is 29.9 Å². The van der Waals surface area contributed by atoms with Crippen LogP contribution < -0.4 is 0 Å². The van der Waals surface area contributed by atoms with E-state index in [4.69, 9.17) is 11.6 Å². The predicted octanol–water partition coefficient (Wildman–Crippen LogP) is 3.01. The van der Waals surface area contributed by atoms with Gasteiger partial charge in [-0.2, -0.15) is 0 Å². The van der Waals surface area contributed by atoms with Crippen LogP contribution in [-0.4, -0.2) is 35.0 Å². The van der Waals surface area contributed by atoms with Crippen molar-refractivity contribution in [1.29, 1.82) is 0 Å². The van der Waals surface area contributed by atoms with Crippen molar-refractivity contribution in [3.63, 3.8) is 0 Å². The van der Waals surface area contributed by atoms with Crippen LogP contribution in [0.4, 0.5) is 0 Å². The number of aliphatic carboxylic acids is 1. The number of hydrogen-bond acceptors (Lipinski definition) is 2. The van der Waals surface area contributed by atoms with Crippen LogP contribution in [0.1, 0.15) is 31.7 Å². The SMILES string of the molecule is CC1(C)C[C@@H]1C(=O)N1C[C@@H](C(=O)O)[C@H](c2ccc(Cl)cc2)C1. The van der Waals surface area contributed by atoms with Crippen molar-refractivity contribution < 1.29 is 14.7 Å². The zero-order chi connectivity index (χ0) is 16.1. The second kappa shape index (κ2) is 5.27. The van der Waals surface area contributed by atoms with Crippen LogP contribution in [0.5, 0.6) is 0 Å². The molecule has 3 rings (SSSR count). The van der Waals surface area contributed by atoms with E-state index in [-0.39, 0.29) is 23.2 Å². The summed E-state index contributed by atoms with van der Waals surface area (Å²) in [6.07, 6.45) is 0.895. The molecule has 0 unspecified atom stereocenters. The van der Waals surface area contributed by atoms with Crippen LogP contribution in [0.2, 0.25) is 5.02 Å². The molecule has 2 aliphatic rings. The molecule has 4 nitrogen and oxygen atoms in total. The molecule has 1 amide bonds. The van der Waals surface area contributed by atoms with Gasteiger partial charge in [0.2, 0.25) is 5.91 Å². The number of rotatable bonds is 3. The van der Waals surface area contributed by atoms with Gasteiger partial charge >= 0.3 is 5.97 Å². The first-order valence-corrected chi connectivity index (χ1v) is 7.94. The van der Waals surface area contributed by atoms with Gasteiger partial charge in [-0.3, -0.25) is 9.59 Å². The molecule has 1 heterocycles. The van der Waals surface area contributed by atoms with Crippen molar-refractivity contribution in [1.82, 2.24) is 4.90 Å². The summed E-state index contributed by atoms with van der Waals surface area (Å²) >= 11 is 5.90. The topological polar surface area (TPSA) is 57.6 Å². The second-order valence-electron chi connectivity index (χ2n) is 7.09. The second-order valence-corrected chi connectivity index (χ2v) is 7.53. The van der Waals surface area contributed by atoms with Crippen LogP contribution >= 0.6 is 11.6 Å². The van der Waals surface area contributed by atoms with Crippen LogP contribution in [0, 0.1) is 17.3 Å². The molecular weight excluding hydrogens is 302 g/mol. The van der Waals surface area contributed by atoms with Crippen LogP contribution in [-0.2, 0) is 9.59 Å². The lowest BCUT2D eigenvalue weighted by Gasteiger charge is -2.17. The van der Waals surface area contributed by atoms with E-state index in [0.29, 0.717) is 18.1 Å². The number of carboxylic acids is 1. The van der Waals surface area contributed by atoms with Gasteiger partial charge < -0.3 is 10.0 Å². The van der Waals surface area contributed by atoms with Crippen molar-refractivity contribution in [2.45, 2.75) is 26.2 Å². The molecule has 0 bridgehead atoms. The number of likely N-dealkylation sites (tertiary alicyclic amines) is 1. The minimum absolute atomic E-state index is 0.0471. The fraction of sp³-hybridized carbons (Fsp3) is 0.529. The van der Waals surface area contributed by atoms with Gasteiger partial charge in [0.15, 0.2) is 0 Å². The highest BCUT2D eigenvalue weighted by atomic mass is 35.5. The number of hydrogen-bond donors (Lipinski definition) is 1. The highest BCUT2D eigenvalue weighted by Crippen LogP contribution is 2.53. The van der Waals surface area contributed by atoms with Gasteiger partial charge in [0.05, 0.1) is 5.92 Å². The Labute approximate surface area is 135 Å². The molecule has 1 saturated heterocycles. The Kier molecular flexibility index (Phi) is 3.68. The molecule has 0 aromatic heterocycles. The van der Waals surface area contributed by atoms with E-state index in [1.165, 1.54) is 0 Å². The first-order valence-electron chi connectivity index (χ1n) is 7.56. The third-order valence-electron chi connectivity index (χ3n) is 5.06. The van der Waals surface area contributed by atoms with E-state index >= 15 is 0 Å². The number of carbonyl (C=O) groups excluding carboxylic acids is 1. The summed E-state index contributed by atoms with van der Waals surface area (Å²) in [5.41, 5.74) is 0.996. The standard InChI is InChI=1S/C17H20ClNO3/c1-17(2)7-14(17)15(20)19-8-12(13(9-19)16(21)22)10-3-5-11(18)6-4-10/h3-6,12-14H,7-9H2,1-2H3,(H,21,22)/t12-,13+,14+/m0/s1. The molecular formula is C17H20ClNO3. The Balaban J connectivity index is 1.79. The molecule has 5 heteroatoms. The molecule has 3 atom stereocenters. The summed E-state index contributed by atoms with van der Waals surface area (Å²) in [5.74, 6) is -1.41. The Morgan fingerprint density at radius 3 is 2.32 bits per heavy atom. The quantitative estimate of drug-likeness (QED) is 0.931. The predicted molar refractivity (Wildman–Crippen MR) is 83.8 cm³/mol. The number of carbonyl (C=O) groups is 2. The first kappa shape index (κ1) is 15.3. The molecule has 1 aliphatic carbocycles. The van der Waals surface area contributed by atoms with Crippen molar-refractivity contribution >= 4 is 23.5 Å². The molecule has 22 heavy (non-hydrogen) atoms. The summed E-state index contributed by atoms with van der Waals surface area (Å²) < 4.78 is 0.